The van der Waals surface area contributed by atoms with E-state index in [1.807, 2.05) is 0 Å². The van der Waals surface area contributed by atoms with Gasteiger partial charge in [-0.15, -0.1) is 0 Å². The van der Waals surface area contributed by atoms with Crippen molar-refractivity contribution >= 4 is 17.3 Å². The first-order valence-corrected chi connectivity index (χ1v) is 4.91. The quantitative estimate of drug-likeness (QED) is 0.868. The highest BCUT2D eigenvalue weighted by Crippen LogP contribution is 2.15. The van der Waals surface area contributed by atoms with E-state index in [-0.39, 0.29) is 10.6 Å². The van der Waals surface area contributed by atoms with Gasteiger partial charge in [-0.25, -0.2) is 4.68 Å². The average Bonchev–Trinajstić information content (AvgIpc) is 2.78. The van der Waals surface area contributed by atoms with Gasteiger partial charge in [-0.2, -0.15) is 5.10 Å². The van der Waals surface area contributed by atoms with Gasteiger partial charge in [-0.1, -0.05) is 16.8 Å². The Labute approximate surface area is 95.8 Å². The zero-order valence-electron chi connectivity index (χ0n) is 8.48. The predicted octanol–water partition coefficient (Wildman–Crippen LogP) is 1.03. The van der Waals surface area contributed by atoms with Crippen LogP contribution in [0.4, 0.5) is 5.69 Å². The SMILES string of the molecule is Cn1ncc(NCc2ccno2)c(Cl)c1=O. The second kappa shape index (κ2) is 4.36. The van der Waals surface area contributed by atoms with Crippen LogP contribution < -0.4 is 10.9 Å². The summed E-state index contributed by atoms with van der Waals surface area (Å²) < 4.78 is 6.06. The van der Waals surface area contributed by atoms with Crippen LogP contribution in [0.25, 0.3) is 0 Å². The first-order valence-electron chi connectivity index (χ1n) is 4.53. The van der Waals surface area contributed by atoms with Crippen LogP contribution in [0.5, 0.6) is 0 Å². The Hall–Kier alpha value is -1.82. The van der Waals surface area contributed by atoms with Gasteiger partial charge in [-0.3, -0.25) is 4.79 Å². The number of aryl methyl sites for hydroxylation is 1. The van der Waals surface area contributed by atoms with Crippen LogP contribution in [-0.2, 0) is 13.6 Å². The lowest BCUT2D eigenvalue weighted by molar-refractivity contribution is 0.388. The molecule has 0 aliphatic rings. The fourth-order valence-electron chi connectivity index (χ4n) is 1.15. The molecular formula is C9H9ClN4O2. The van der Waals surface area contributed by atoms with Gasteiger partial charge in [0, 0.05) is 13.1 Å². The Balaban J connectivity index is 2.16. The molecule has 0 radical (unpaired) electrons. The van der Waals surface area contributed by atoms with E-state index in [0.717, 1.165) is 0 Å². The Morgan fingerprint density at radius 1 is 1.62 bits per heavy atom. The number of anilines is 1. The highest BCUT2D eigenvalue weighted by atomic mass is 35.5. The summed E-state index contributed by atoms with van der Waals surface area (Å²) in [6.07, 6.45) is 3.03. The molecule has 2 heterocycles. The lowest BCUT2D eigenvalue weighted by atomic mass is 10.4. The van der Waals surface area contributed by atoms with Gasteiger partial charge in [0.2, 0.25) is 0 Å². The normalized spacial score (nSPS) is 10.4. The van der Waals surface area contributed by atoms with Gasteiger partial charge in [0.1, 0.15) is 5.02 Å². The van der Waals surface area contributed by atoms with Crippen LogP contribution in [0.3, 0.4) is 0 Å². The maximum Gasteiger partial charge on any atom is 0.287 e. The van der Waals surface area contributed by atoms with Crippen molar-refractivity contribution in [2.45, 2.75) is 6.54 Å². The highest BCUT2D eigenvalue weighted by molar-refractivity contribution is 6.32. The second-order valence-corrected chi connectivity index (χ2v) is 3.51. The second-order valence-electron chi connectivity index (χ2n) is 3.13. The zero-order valence-corrected chi connectivity index (χ0v) is 9.23. The number of nitrogens with zero attached hydrogens (tertiary/aromatic N) is 3. The molecular weight excluding hydrogens is 232 g/mol. The molecule has 7 heteroatoms. The molecule has 0 spiro atoms. The molecule has 0 bridgehead atoms. The highest BCUT2D eigenvalue weighted by Gasteiger charge is 2.07. The standard InChI is InChI=1S/C9H9ClN4O2/c1-14-9(15)8(10)7(5-12-14)11-4-6-2-3-13-16-6/h2-3,5,11H,4H2,1H3. The first-order chi connectivity index (χ1) is 7.68. The molecule has 84 valence electrons. The van der Waals surface area contributed by atoms with Crippen molar-refractivity contribution in [2.24, 2.45) is 7.05 Å². The smallest absolute Gasteiger partial charge is 0.287 e. The summed E-state index contributed by atoms with van der Waals surface area (Å²) in [5.74, 6) is 0.650. The summed E-state index contributed by atoms with van der Waals surface area (Å²) >= 11 is 5.86. The number of nitrogens with one attached hydrogen (secondary N) is 1. The van der Waals surface area contributed by atoms with E-state index in [1.54, 1.807) is 12.3 Å². The molecule has 16 heavy (non-hydrogen) atoms. The Morgan fingerprint density at radius 3 is 3.12 bits per heavy atom. The molecule has 0 atom stereocenters. The molecule has 1 N–H and O–H groups in total. The summed E-state index contributed by atoms with van der Waals surface area (Å²) in [4.78, 5) is 11.4. The summed E-state index contributed by atoms with van der Waals surface area (Å²) in [5.41, 5.74) is 0.130. The van der Waals surface area contributed by atoms with Crippen molar-refractivity contribution in [1.82, 2.24) is 14.9 Å². The molecule has 0 aliphatic carbocycles. The molecule has 0 aromatic carbocycles. The first kappa shape index (κ1) is 10.7. The van der Waals surface area contributed by atoms with Crippen LogP contribution in [0.1, 0.15) is 5.76 Å². The van der Waals surface area contributed by atoms with E-state index >= 15 is 0 Å². The minimum absolute atomic E-state index is 0.108. The van der Waals surface area contributed by atoms with Crippen molar-refractivity contribution in [3.05, 3.63) is 39.6 Å². The number of rotatable bonds is 3. The van der Waals surface area contributed by atoms with Crippen molar-refractivity contribution in [3.8, 4) is 0 Å². The molecule has 0 aliphatic heterocycles. The summed E-state index contributed by atoms with van der Waals surface area (Å²) in [6, 6.07) is 1.72. The van der Waals surface area contributed by atoms with E-state index in [9.17, 15) is 4.79 Å². The van der Waals surface area contributed by atoms with E-state index in [1.165, 1.54) is 17.9 Å². The maximum atomic E-state index is 11.4. The van der Waals surface area contributed by atoms with Crippen LogP contribution in [0, 0.1) is 0 Å². The number of aromatic nitrogens is 3. The molecule has 2 aromatic rings. The van der Waals surface area contributed by atoms with Gasteiger partial charge in [0.05, 0.1) is 24.6 Å². The summed E-state index contributed by atoms with van der Waals surface area (Å²) in [5, 5.41) is 10.5. The minimum atomic E-state index is -0.343. The fraction of sp³-hybridized carbons (Fsp3) is 0.222. The number of hydrogen-bond donors (Lipinski definition) is 1. The van der Waals surface area contributed by atoms with E-state index in [2.05, 4.69) is 15.6 Å². The monoisotopic (exact) mass is 240 g/mol. The lowest BCUT2D eigenvalue weighted by Gasteiger charge is -2.06. The van der Waals surface area contributed by atoms with Gasteiger partial charge in [0.15, 0.2) is 5.76 Å². The maximum absolute atomic E-state index is 11.4. The van der Waals surface area contributed by atoms with Crippen molar-refractivity contribution < 1.29 is 4.52 Å². The van der Waals surface area contributed by atoms with Gasteiger partial charge in [0.25, 0.3) is 5.56 Å². The molecule has 6 nitrogen and oxygen atoms in total. The Kier molecular flexibility index (Phi) is 2.91. The summed E-state index contributed by atoms with van der Waals surface area (Å²) in [6.45, 7) is 0.397. The molecule has 2 rings (SSSR count). The molecule has 2 aromatic heterocycles. The Morgan fingerprint density at radius 2 is 2.44 bits per heavy atom. The van der Waals surface area contributed by atoms with Crippen LogP contribution in [0.2, 0.25) is 5.02 Å². The molecule has 0 saturated carbocycles. The molecule has 0 fully saturated rings. The Bertz CT molecular complexity index is 535. The van der Waals surface area contributed by atoms with Crippen molar-refractivity contribution in [1.29, 1.82) is 0 Å². The third-order valence-corrected chi connectivity index (χ3v) is 2.39. The number of hydrogen-bond acceptors (Lipinski definition) is 5. The fourth-order valence-corrected chi connectivity index (χ4v) is 1.39. The zero-order chi connectivity index (χ0) is 11.5. The minimum Gasteiger partial charge on any atom is -0.375 e. The van der Waals surface area contributed by atoms with E-state index < -0.39 is 0 Å². The van der Waals surface area contributed by atoms with E-state index in [4.69, 9.17) is 16.1 Å². The van der Waals surface area contributed by atoms with E-state index in [0.29, 0.717) is 18.0 Å². The van der Waals surface area contributed by atoms with Crippen LogP contribution in [-0.4, -0.2) is 14.9 Å². The molecule has 0 amide bonds. The molecule has 0 saturated heterocycles. The predicted molar refractivity (Wildman–Crippen MR) is 58.3 cm³/mol. The largest absolute Gasteiger partial charge is 0.375 e. The summed E-state index contributed by atoms with van der Waals surface area (Å²) in [7, 11) is 1.54. The third kappa shape index (κ3) is 2.06. The number of halogens is 1. The van der Waals surface area contributed by atoms with Gasteiger partial charge in [-0.05, 0) is 0 Å². The van der Waals surface area contributed by atoms with Gasteiger partial charge < -0.3 is 9.84 Å². The topological polar surface area (TPSA) is 73.0 Å². The third-order valence-electron chi connectivity index (χ3n) is 2.02. The lowest BCUT2D eigenvalue weighted by Crippen LogP contribution is -2.21. The van der Waals surface area contributed by atoms with Crippen molar-refractivity contribution in [3.63, 3.8) is 0 Å². The van der Waals surface area contributed by atoms with Crippen molar-refractivity contribution in [2.75, 3.05) is 5.32 Å². The van der Waals surface area contributed by atoms with Crippen LogP contribution in [0.15, 0.2) is 27.8 Å². The van der Waals surface area contributed by atoms with Crippen LogP contribution >= 0.6 is 11.6 Å². The molecule has 0 unspecified atom stereocenters. The average molecular weight is 241 g/mol. The van der Waals surface area contributed by atoms with Gasteiger partial charge >= 0.3 is 0 Å².